The molecule has 0 aliphatic carbocycles. The number of amides is 2. The molecule has 17 heavy (non-hydrogen) atoms. The Kier molecular flexibility index (Phi) is 3.83. The van der Waals surface area contributed by atoms with Gasteiger partial charge in [-0.2, -0.15) is 0 Å². The molecule has 2 heterocycles. The van der Waals surface area contributed by atoms with Crippen LogP contribution in [0.4, 0.5) is 0 Å². The number of carbonyl (C=O) groups excluding carboxylic acids is 2. The van der Waals surface area contributed by atoms with E-state index in [0.717, 1.165) is 16.6 Å². The highest BCUT2D eigenvalue weighted by atomic mass is 79.9. The highest BCUT2D eigenvalue weighted by Crippen LogP contribution is 2.25. The lowest BCUT2D eigenvalue weighted by molar-refractivity contribution is -0.123. The molecule has 1 unspecified atom stereocenters. The third-order valence-electron chi connectivity index (χ3n) is 2.89. The number of thiophene rings is 1. The van der Waals surface area contributed by atoms with Crippen molar-refractivity contribution in [3.05, 3.63) is 20.8 Å². The van der Waals surface area contributed by atoms with Crippen molar-refractivity contribution in [3.63, 3.8) is 0 Å². The van der Waals surface area contributed by atoms with Crippen molar-refractivity contribution in [1.29, 1.82) is 0 Å². The minimum Gasteiger partial charge on any atom is -0.369 e. The van der Waals surface area contributed by atoms with Crippen LogP contribution in [-0.4, -0.2) is 29.8 Å². The summed E-state index contributed by atoms with van der Waals surface area (Å²) in [6.07, 6.45) is 1.62. The molecule has 1 aliphatic heterocycles. The van der Waals surface area contributed by atoms with Crippen LogP contribution in [0.1, 0.15) is 22.5 Å². The van der Waals surface area contributed by atoms with E-state index >= 15 is 0 Å². The first kappa shape index (κ1) is 12.6. The second kappa shape index (κ2) is 5.18. The van der Waals surface area contributed by atoms with Gasteiger partial charge in [0.05, 0.1) is 14.6 Å². The van der Waals surface area contributed by atoms with Crippen LogP contribution in [0, 0.1) is 5.92 Å². The molecule has 1 atom stereocenters. The molecular weight excluding hydrogens is 304 g/mol. The van der Waals surface area contributed by atoms with Crippen molar-refractivity contribution in [2.45, 2.75) is 12.8 Å². The molecule has 1 aliphatic rings. The van der Waals surface area contributed by atoms with Crippen LogP contribution in [0.25, 0.3) is 0 Å². The topological polar surface area (TPSA) is 63.4 Å². The Morgan fingerprint density at radius 1 is 1.47 bits per heavy atom. The van der Waals surface area contributed by atoms with Crippen LogP contribution in [-0.2, 0) is 4.79 Å². The lowest BCUT2D eigenvalue weighted by atomic mass is 9.97. The van der Waals surface area contributed by atoms with E-state index in [1.165, 1.54) is 11.3 Å². The zero-order valence-corrected chi connectivity index (χ0v) is 11.6. The number of hydrogen-bond donors (Lipinski definition) is 1. The Hall–Kier alpha value is -0.880. The predicted molar refractivity (Wildman–Crippen MR) is 69.8 cm³/mol. The minimum absolute atomic E-state index is 0.00773. The van der Waals surface area contributed by atoms with Gasteiger partial charge in [-0.1, -0.05) is 0 Å². The molecular formula is C11H13BrN2O2S. The molecule has 6 heteroatoms. The van der Waals surface area contributed by atoms with E-state index in [-0.39, 0.29) is 17.7 Å². The molecule has 0 spiro atoms. The van der Waals surface area contributed by atoms with Gasteiger partial charge in [0.2, 0.25) is 5.91 Å². The molecule has 2 amide bonds. The van der Waals surface area contributed by atoms with Crippen LogP contribution in [0.15, 0.2) is 15.9 Å². The maximum Gasteiger partial charge on any atom is 0.263 e. The second-order valence-corrected chi connectivity index (χ2v) is 6.56. The predicted octanol–water partition coefficient (Wildman–Crippen LogP) is 1.85. The summed E-state index contributed by atoms with van der Waals surface area (Å²) in [6, 6.07) is 3.65. The number of hydrogen-bond acceptors (Lipinski definition) is 3. The maximum absolute atomic E-state index is 12.1. The highest BCUT2D eigenvalue weighted by Gasteiger charge is 2.27. The number of likely N-dealkylation sites (tertiary alicyclic amines) is 1. The Bertz CT molecular complexity index is 446. The molecule has 1 fully saturated rings. The zero-order chi connectivity index (χ0) is 12.4. The summed E-state index contributed by atoms with van der Waals surface area (Å²) in [5.41, 5.74) is 5.29. The van der Waals surface area contributed by atoms with Crippen LogP contribution >= 0.6 is 27.3 Å². The molecule has 0 saturated carbocycles. The second-order valence-electron chi connectivity index (χ2n) is 4.10. The molecule has 2 rings (SSSR count). The monoisotopic (exact) mass is 316 g/mol. The van der Waals surface area contributed by atoms with Gasteiger partial charge < -0.3 is 10.6 Å². The molecule has 0 bridgehead atoms. The summed E-state index contributed by atoms with van der Waals surface area (Å²) in [6.45, 7) is 1.15. The van der Waals surface area contributed by atoms with Crippen LogP contribution < -0.4 is 5.73 Å². The fourth-order valence-corrected chi connectivity index (χ4v) is 3.33. The average molecular weight is 317 g/mol. The first-order chi connectivity index (χ1) is 8.08. The molecule has 0 aromatic carbocycles. The van der Waals surface area contributed by atoms with E-state index in [4.69, 9.17) is 5.73 Å². The summed E-state index contributed by atoms with van der Waals surface area (Å²) in [4.78, 5) is 25.7. The van der Waals surface area contributed by atoms with E-state index in [2.05, 4.69) is 15.9 Å². The highest BCUT2D eigenvalue weighted by molar-refractivity contribution is 9.11. The lowest BCUT2D eigenvalue weighted by Gasteiger charge is -2.30. The third kappa shape index (κ3) is 2.87. The quantitative estimate of drug-likeness (QED) is 0.905. The number of carbonyl (C=O) groups is 2. The SMILES string of the molecule is NC(=O)C1CCCN(C(=O)c2ccc(Br)s2)C1. The number of rotatable bonds is 2. The molecule has 1 aromatic heterocycles. The minimum atomic E-state index is -0.310. The van der Waals surface area contributed by atoms with E-state index in [0.29, 0.717) is 18.0 Å². The fraction of sp³-hybridized carbons (Fsp3) is 0.455. The van der Waals surface area contributed by atoms with Crippen molar-refractivity contribution < 1.29 is 9.59 Å². The van der Waals surface area contributed by atoms with Crippen molar-refractivity contribution in [3.8, 4) is 0 Å². The standard InChI is InChI=1S/C11H13BrN2O2S/c12-9-4-3-8(17-9)11(16)14-5-1-2-7(6-14)10(13)15/h3-4,7H,1-2,5-6H2,(H2,13,15). The Morgan fingerprint density at radius 2 is 2.24 bits per heavy atom. The first-order valence-electron chi connectivity index (χ1n) is 5.42. The molecule has 2 N–H and O–H groups in total. The normalized spacial score (nSPS) is 20.3. The molecule has 0 radical (unpaired) electrons. The van der Waals surface area contributed by atoms with E-state index < -0.39 is 0 Å². The smallest absolute Gasteiger partial charge is 0.263 e. The van der Waals surface area contributed by atoms with Crippen molar-refractivity contribution >= 4 is 39.1 Å². The Morgan fingerprint density at radius 3 is 2.82 bits per heavy atom. The van der Waals surface area contributed by atoms with E-state index in [1.54, 1.807) is 11.0 Å². The Labute approximate surface area is 112 Å². The van der Waals surface area contributed by atoms with Gasteiger partial charge in [0.15, 0.2) is 0 Å². The van der Waals surface area contributed by atoms with E-state index in [1.807, 2.05) is 6.07 Å². The molecule has 1 aromatic rings. The van der Waals surface area contributed by atoms with Crippen LogP contribution in [0.3, 0.4) is 0 Å². The largest absolute Gasteiger partial charge is 0.369 e. The molecule has 1 saturated heterocycles. The first-order valence-corrected chi connectivity index (χ1v) is 7.03. The van der Waals surface area contributed by atoms with Gasteiger partial charge in [-0.3, -0.25) is 9.59 Å². The zero-order valence-electron chi connectivity index (χ0n) is 9.19. The van der Waals surface area contributed by atoms with Crippen molar-refractivity contribution in [1.82, 2.24) is 4.90 Å². The number of nitrogens with zero attached hydrogens (tertiary/aromatic N) is 1. The fourth-order valence-electron chi connectivity index (χ4n) is 1.98. The van der Waals surface area contributed by atoms with Crippen LogP contribution in [0.2, 0.25) is 0 Å². The number of piperidine rings is 1. The molecule has 4 nitrogen and oxygen atoms in total. The average Bonchev–Trinajstić information content (AvgIpc) is 2.75. The number of nitrogens with two attached hydrogens (primary N) is 1. The lowest BCUT2D eigenvalue weighted by Crippen LogP contribution is -2.43. The van der Waals surface area contributed by atoms with Gasteiger partial charge in [-0.25, -0.2) is 0 Å². The maximum atomic E-state index is 12.1. The van der Waals surface area contributed by atoms with Gasteiger partial charge in [-0.05, 0) is 40.9 Å². The van der Waals surface area contributed by atoms with Gasteiger partial charge in [0.1, 0.15) is 0 Å². The van der Waals surface area contributed by atoms with E-state index in [9.17, 15) is 9.59 Å². The third-order valence-corrected chi connectivity index (χ3v) is 4.51. The van der Waals surface area contributed by atoms with Crippen LogP contribution in [0.5, 0.6) is 0 Å². The summed E-state index contributed by atoms with van der Waals surface area (Å²) in [5.74, 6) is -0.516. The van der Waals surface area contributed by atoms with Gasteiger partial charge >= 0.3 is 0 Å². The van der Waals surface area contributed by atoms with Crippen molar-refractivity contribution in [2.24, 2.45) is 11.7 Å². The van der Waals surface area contributed by atoms with Gasteiger partial charge in [0, 0.05) is 13.1 Å². The summed E-state index contributed by atoms with van der Waals surface area (Å²) in [7, 11) is 0. The number of halogens is 1. The summed E-state index contributed by atoms with van der Waals surface area (Å²) < 4.78 is 0.935. The van der Waals surface area contributed by atoms with Crippen molar-refractivity contribution in [2.75, 3.05) is 13.1 Å². The Balaban J connectivity index is 2.07. The summed E-state index contributed by atoms with van der Waals surface area (Å²) in [5, 5.41) is 0. The number of primary amides is 1. The van der Waals surface area contributed by atoms with Gasteiger partial charge in [0.25, 0.3) is 5.91 Å². The summed E-state index contributed by atoms with van der Waals surface area (Å²) >= 11 is 4.74. The van der Waals surface area contributed by atoms with Gasteiger partial charge in [-0.15, -0.1) is 11.3 Å². The molecule has 92 valence electrons.